The topological polar surface area (TPSA) is 68.0 Å². The SMILES string of the molecule is CCCCCOc1cc(N2CCCN(Cc3cccc4nc(CC)oc34)C2=O)ccc1OC. The monoisotopic (exact) mass is 451 g/mol. The molecule has 7 heteroatoms. The van der Waals surface area contributed by atoms with E-state index in [4.69, 9.17) is 13.9 Å². The number of para-hydroxylation sites is 1. The van der Waals surface area contributed by atoms with Crippen molar-refractivity contribution in [3.05, 3.63) is 47.9 Å². The van der Waals surface area contributed by atoms with E-state index in [1.807, 2.05) is 53.1 Å². The van der Waals surface area contributed by atoms with E-state index >= 15 is 0 Å². The summed E-state index contributed by atoms with van der Waals surface area (Å²) in [5.74, 6) is 2.07. The molecule has 33 heavy (non-hydrogen) atoms. The summed E-state index contributed by atoms with van der Waals surface area (Å²) < 4.78 is 17.4. The molecule has 176 valence electrons. The molecule has 2 aromatic carbocycles. The molecule has 0 aliphatic carbocycles. The van der Waals surface area contributed by atoms with E-state index in [1.165, 1.54) is 0 Å². The average molecular weight is 452 g/mol. The molecular formula is C26H33N3O4. The number of fused-ring (bicyclic) bond motifs is 1. The lowest BCUT2D eigenvalue weighted by atomic mass is 10.1. The van der Waals surface area contributed by atoms with Crippen molar-refractivity contribution in [2.45, 2.75) is 52.5 Å². The normalized spacial score (nSPS) is 14.2. The number of unbranched alkanes of at least 4 members (excludes halogenated alkanes) is 2. The molecule has 1 aliphatic rings. The van der Waals surface area contributed by atoms with Crippen LogP contribution in [-0.4, -0.2) is 42.7 Å². The molecule has 4 rings (SSSR count). The van der Waals surface area contributed by atoms with Gasteiger partial charge in [-0.1, -0.05) is 38.8 Å². The lowest BCUT2D eigenvalue weighted by Gasteiger charge is -2.36. The van der Waals surface area contributed by atoms with Crippen LogP contribution in [0.4, 0.5) is 10.5 Å². The maximum atomic E-state index is 13.4. The number of methoxy groups -OCH3 is 1. The molecule has 3 aromatic rings. The first-order valence-electron chi connectivity index (χ1n) is 11.9. The van der Waals surface area contributed by atoms with E-state index < -0.39 is 0 Å². The maximum absolute atomic E-state index is 13.4. The Kier molecular flexibility index (Phi) is 7.37. The van der Waals surface area contributed by atoms with Gasteiger partial charge in [-0.25, -0.2) is 9.78 Å². The molecular weight excluding hydrogens is 418 g/mol. The number of oxazole rings is 1. The summed E-state index contributed by atoms with van der Waals surface area (Å²) in [6, 6.07) is 11.6. The van der Waals surface area contributed by atoms with Crippen LogP contribution in [0.3, 0.4) is 0 Å². The van der Waals surface area contributed by atoms with E-state index in [2.05, 4.69) is 11.9 Å². The van der Waals surface area contributed by atoms with Gasteiger partial charge in [-0.3, -0.25) is 4.90 Å². The van der Waals surface area contributed by atoms with Crippen molar-refractivity contribution < 1.29 is 18.7 Å². The van der Waals surface area contributed by atoms with Gasteiger partial charge in [0.1, 0.15) is 5.52 Å². The van der Waals surface area contributed by atoms with Gasteiger partial charge in [0.05, 0.1) is 20.3 Å². The van der Waals surface area contributed by atoms with E-state index in [0.717, 1.165) is 54.5 Å². The van der Waals surface area contributed by atoms with Crippen LogP contribution in [0.1, 0.15) is 51.0 Å². The molecule has 2 amide bonds. The summed E-state index contributed by atoms with van der Waals surface area (Å²) in [5, 5.41) is 0. The standard InChI is InChI=1S/C26H33N3O4/c1-4-6-7-16-32-23-17-20(12-13-22(23)31-3)29-15-9-14-28(26(29)30)18-19-10-8-11-21-25(19)33-24(5-2)27-21/h8,10-13,17H,4-7,9,14-16,18H2,1-3H3. The van der Waals surface area contributed by atoms with Gasteiger partial charge in [0.25, 0.3) is 0 Å². The Morgan fingerprint density at radius 3 is 2.76 bits per heavy atom. The number of aryl methyl sites for hydroxylation is 1. The van der Waals surface area contributed by atoms with Gasteiger partial charge < -0.3 is 18.8 Å². The van der Waals surface area contributed by atoms with E-state index in [-0.39, 0.29) is 6.03 Å². The van der Waals surface area contributed by atoms with E-state index in [0.29, 0.717) is 43.6 Å². The first-order valence-corrected chi connectivity index (χ1v) is 11.9. The van der Waals surface area contributed by atoms with Crippen LogP contribution < -0.4 is 14.4 Å². The highest BCUT2D eigenvalue weighted by Crippen LogP contribution is 2.33. The fourth-order valence-corrected chi connectivity index (χ4v) is 4.18. The third kappa shape index (κ3) is 5.07. The second-order valence-electron chi connectivity index (χ2n) is 8.33. The number of ether oxygens (including phenoxy) is 2. The molecule has 0 bridgehead atoms. The van der Waals surface area contributed by atoms with Crippen molar-refractivity contribution >= 4 is 22.8 Å². The predicted octanol–water partition coefficient (Wildman–Crippen LogP) is 5.80. The Morgan fingerprint density at radius 2 is 1.97 bits per heavy atom. The minimum atomic E-state index is -0.0180. The fourth-order valence-electron chi connectivity index (χ4n) is 4.18. The van der Waals surface area contributed by atoms with Crippen LogP contribution in [0, 0.1) is 0 Å². The summed E-state index contributed by atoms with van der Waals surface area (Å²) in [4.78, 5) is 21.6. The van der Waals surface area contributed by atoms with E-state index in [9.17, 15) is 4.79 Å². The second-order valence-corrected chi connectivity index (χ2v) is 8.33. The average Bonchev–Trinajstić information content (AvgIpc) is 3.27. The zero-order chi connectivity index (χ0) is 23.2. The number of anilines is 1. The lowest BCUT2D eigenvalue weighted by molar-refractivity contribution is 0.192. The first-order chi connectivity index (χ1) is 16.1. The summed E-state index contributed by atoms with van der Waals surface area (Å²) in [5.41, 5.74) is 3.41. The summed E-state index contributed by atoms with van der Waals surface area (Å²) in [6.45, 7) is 6.68. The Hall–Kier alpha value is -3.22. The van der Waals surface area contributed by atoms with Crippen LogP contribution in [0.15, 0.2) is 40.8 Å². The van der Waals surface area contributed by atoms with Gasteiger partial charge in [-0.15, -0.1) is 0 Å². The van der Waals surface area contributed by atoms with Crippen LogP contribution in [0.25, 0.3) is 11.1 Å². The maximum Gasteiger partial charge on any atom is 0.324 e. The van der Waals surface area contributed by atoms with Crippen LogP contribution in [0.2, 0.25) is 0 Å². The summed E-state index contributed by atoms with van der Waals surface area (Å²) >= 11 is 0. The minimum absolute atomic E-state index is 0.0180. The van der Waals surface area contributed by atoms with Gasteiger partial charge in [-0.2, -0.15) is 0 Å². The number of hydrogen-bond donors (Lipinski definition) is 0. The Balaban J connectivity index is 1.52. The number of carbonyl (C=O) groups is 1. The van der Waals surface area contributed by atoms with Gasteiger partial charge in [-0.05, 0) is 31.0 Å². The van der Waals surface area contributed by atoms with Crippen molar-refractivity contribution in [3.63, 3.8) is 0 Å². The molecule has 0 radical (unpaired) electrons. The quantitative estimate of drug-likeness (QED) is 0.364. The number of nitrogens with zero attached hydrogens (tertiary/aromatic N) is 3. The fraction of sp³-hybridized carbons (Fsp3) is 0.462. The number of carbonyl (C=O) groups excluding carboxylic acids is 1. The zero-order valence-corrected chi connectivity index (χ0v) is 19.8. The Bertz CT molecular complexity index is 1090. The Morgan fingerprint density at radius 1 is 1.09 bits per heavy atom. The number of amides is 2. The van der Waals surface area contributed by atoms with Gasteiger partial charge in [0.2, 0.25) is 0 Å². The number of aromatic nitrogens is 1. The highest BCUT2D eigenvalue weighted by Gasteiger charge is 2.28. The van der Waals surface area contributed by atoms with Gasteiger partial charge in [0.15, 0.2) is 23.0 Å². The van der Waals surface area contributed by atoms with Crippen molar-refractivity contribution in [2.75, 3.05) is 31.7 Å². The molecule has 0 atom stereocenters. The van der Waals surface area contributed by atoms with Crippen LogP contribution in [0.5, 0.6) is 11.5 Å². The third-order valence-electron chi connectivity index (χ3n) is 5.98. The number of urea groups is 1. The predicted molar refractivity (Wildman–Crippen MR) is 129 cm³/mol. The molecule has 0 N–H and O–H groups in total. The molecule has 1 fully saturated rings. The molecule has 1 aliphatic heterocycles. The van der Waals surface area contributed by atoms with Crippen molar-refractivity contribution in [1.29, 1.82) is 0 Å². The summed E-state index contributed by atoms with van der Waals surface area (Å²) in [7, 11) is 1.63. The van der Waals surface area contributed by atoms with Gasteiger partial charge in [0, 0.05) is 36.8 Å². The smallest absolute Gasteiger partial charge is 0.324 e. The second kappa shape index (κ2) is 10.6. The minimum Gasteiger partial charge on any atom is -0.493 e. The molecule has 1 saturated heterocycles. The summed E-state index contributed by atoms with van der Waals surface area (Å²) in [6.07, 6.45) is 4.88. The lowest BCUT2D eigenvalue weighted by Crippen LogP contribution is -2.49. The van der Waals surface area contributed by atoms with Crippen molar-refractivity contribution in [2.24, 2.45) is 0 Å². The van der Waals surface area contributed by atoms with Crippen molar-refractivity contribution in [1.82, 2.24) is 9.88 Å². The molecule has 1 aromatic heterocycles. The highest BCUT2D eigenvalue weighted by atomic mass is 16.5. The molecule has 0 saturated carbocycles. The first kappa shape index (κ1) is 23.0. The van der Waals surface area contributed by atoms with Crippen molar-refractivity contribution in [3.8, 4) is 11.5 Å². The van der Waals surface area contributed by atoms with Gasteiger partial charge >= 0.3 is 6.03 Å². The Labute approximate surface area is 195 Å². The number of benzene rings is 2. The van der Waals surface area contributed by atoms with Crippen LogP contribution in [-0.2, 0) is 13.0 Å². The van der Waals surface area contributed by atoms with Crippen LogP contribution >= 0.6 is 0 Å². The highest BCUT2D eigenvalue weighted by molar-refractivity contribution is 5.93. The zero-order valence-electron chi connectivity index (χ0n) is 19.8. The molecule has 0 spiro atoms. The molecule has 7 nitrogen and oxygen atoms in total. The molecule has 2 heterocycles. The van der Waals surface area contributed by atoms with E-state index in [1.54, 1.807) is 7.11 Å². The number of hydrogen-bond acceptors (Lipinski definition) is 5. The third-order valence-corrected chi connectivity index (χ3v) is 5.98. The number of rotatable bonds is 10. The molecule has 0 unspecified atom stereocenters. The largest absolute Gasteiger partial charge is 0.493 e.